The molecule has 0 N–H and O–H groups in total. The fourth-order valence-corrected chi connectivity index (χ4v) is 8.76. The first-order valence-corrected chi connectivity index (χ1v) is 13.3. The number of rotatable bonds is 4. The van der Waals surface area contributed by atoms with Crippen molar-refractivity contribution in [2.24, 2.45) is 22.7 Å². The Bertz CT molecular complexity index is 962. The smallest absolute Gasteiger partial charge is 0.231 e. The van der Waals surface area contributed by atoms with Crippen molar-refractivity contribution >= 4 is 40.9 Å². The third-order valence-corrected chi connectivity index (χ3v) is 9.48. The molecule has 1 unspecified atom stereocenters. The second-order valence-electron chi connectivity index (χ2n) is 10.9. The van der Waals surface area contributed by atoms with Crippen LogP contribution in [-0.4, -0.2) is 46.3 Å². The summed E-state index contributed by atoms with van der Waals surface area (Å²) < 4.78 is 11.1. The maximum absolute atomic E-state index is 12.9. The van der Waals surface area contributed by atoms with E-state index in [0.717, 1.165) is 40.7 Å². The number of nitrogens with zero attached hydrogens (tertiary/aromatic N) is 3. The molecular weight excluding hydrogens is 458 g/mol. The molecule has 0 radical (unpaired) electrons. The molecule has 1 aromatic rings. The number of carbonyl (C=O) groups excluding carboxylic acids is 1. The van der Waals surface area contributed by atoms with Gasteiger partial charge in [-0.15, -0.1) is 12.4 Å². The number of anilines is 1. The zero-order valence-electron chi connectivity index (χ0n) is 19.1. The van der Waals surface area contributed by atoms with Crippen molar-refractivity contribution in [2.45, 2.75) is 76.0 Å². The van der Waals surface area contributed by atoms with Gasteiger partial charge >= 0.3 is 0 Å². The molecule has 1 atom stereocenters. The third kappa shape index (κ3) is 3.70. The number of ether oxygens (including phenoxy) is 2. The van der Waals surface area contributed by atoms with E-state index in [0.29, 0.717) is 6.04 Å². The largest absolute Gasteiger partial charge is 0.454 e. The predicted molar refractivity (Wildman–Crippen MR) is 132 cm³/mol. The van der Waals surface area contributed by atoms with E-state index < -0.39 is 0 Å². The van der Waals surface area contributed by atoms with E-state index in [-0.39, 0.29) is 36.8 Å². The van der Waals surface area contributed by atoms with Gasteiger partial charge in [0.05, 0.1) is 5.54 Å². The molecule has 7 aliphatic rings. The van der Waals surface area contributed by atoms with Gasteiger partial charge < -0.3 is 14.4 Å². The minimum absolute atomic E-state index is 0. The van der Waals surface area contributed by atoms with Crippen molar-refractivity contribution < 1.29 is 14.3 Å². The standard InChI is InChI=1S/C25H31N3O3S.ClH/c1-15(29)27(20-4-5-21-22(9-20)31-14-30-21)23-13-32-24(28(23)19-2-3-19)26-25-10-16-6-17(11-25)8-18(7-16)12-25;/h4-5,9,16-19,23H,2-3,6-8,10-14H2,1H3;1H. The minimum atomic E-state index is 0. The number of hydrogen-bond donors (Lipinski definition) is 0. The van der Waals surface area contributed by atoms with Crippen LogP contribution in [0.3, 0.4) is 0 Å². The highest BCUT2D eigenvalue weighted by Gasteiger charge is 2.53. The van der Waals surface area contributed by atoms with Gasteiger partial charge in [0, 0.05) is 30.5 Å². The summed E-state index contributed by atoms with van der Waals surface area (Å²) in [6.45, 7) is 1.92. The molecule has 178 valence electrons. The number of thioether (sulfide) groups is 1. The molecule has 0 aromatic heterocycles. The zero-order valence-corrected chi connectivity index (χ0v) is 20.7. The molecule has 8 rings (SSSR count). The van der Waals surface area contributed by atoms with Gasteiger partial charge in [-0.1, -0.05) is 11.8 Å². The van der Waals surface area contributed by atoms with Gasteiger partial charge in [0.1, 0.15) is 6.17 Å². The number of hydrogen-bond acceptors (Lipinski definition) is 5. The Morgan fingerprint density at radius 2 is 1.76 bits per heavy atom. The lowest BCUT2D eigenvalue weighted by Gasteiger charge is -2.55. The number of amides is 1. The summed E-state index contributed by atoms with van der Waals surface area (Å²) in [5.74, 6) is 5.09. The highest BCUT2D eigenvalue weighted by Crippen LogP contribution is 2.58. The molecule has 5 aliphatic carbocycles. The van der Waals surface area contributed by atoms with Crippen molar-refractivity contribution in [2.75, 3.05) is 17.4 Å². The summed E-state index contributed by atoms with van der Waals surface area (Å²) in [7, 11) is 0. The lowest BCUT2D eigenvalue weighted by atomic mass is 9.53. The van der Waals surface area contributed by atoms with Crippen LogP contribution in [0.25, 0.3) is 0 Å². The van der Waals surface area contributed by atoms with E-state index in [1.807, 2.05) is 34.9 Å². The van der Waals surface area contributed by atoms with E-state index in [4.69, 9.17) is 14.5 Å². The highest BCUT2D eigenvalue weighted by atomic mass is 35.5. The minimum Gasteiger partial charge on any atom is -0.454 e. The number of carbonyl (C=O) groups is 1. The predicted octanol–water partition coefficient (Wildman–Crippen LogP) is 5.05. The lowest BCUT2D eigenvalue weighted by molar-refractivity contribution is -0.117. The molecule has 33 heavy (non-hydrogen) atoms. The summed E-state index contributed by atoms with van der Waals surface area (Å²) >= 11 is 1.87. The molecule has 2 heterocycles. The number of benzene rings is 1. The lowest BCUT2D eigenvalue weighted by Crippen LogP contribution is -2.53. The van der Waals surface area contributed by atoms with Gasteiger partial charge in [-0.05, 0) is 81.3 Å². The van der Waals surface area contributed by atoms with E-state index in [1.165, 1.54) is 56.5 Å². The molecule has 6 nitrogen and oxygen atoms in total. The van der Waals surface area contributed by atoms with Crippen LogP contribution < -0.4 is 14.4 Å². The molecule has 5 saturated carbocycles. The fraction of sp³-hybridized carbons (Fsp3) is 0.680. The Morgan fingerprint density at radius 1 is 1.09 bits per heavy atom. The van der Waals surface area contributed by atoms with E-state index in [1.54, 1.807) is 6.92 Å². The zero-order chi connectivity index (χ0) is 21.4. The SMILES string of the molecule is CC(=O)N(c1ccc2c(c1)OCO2)C1CSC(=NC23CC4CC(CC(C4)C2)C3)N1C1CC1.Cl. The van der Waals surface area contributed by atoms with Crippen molar-refractivity contribution in [1.29, 1.82) is 0 Å². The third-order valence-electron chi connectivity index (χ3n) is 8.45. The van der Waals surface area contributed by atoms with Crippen molar-refractivity contribution in [3.8, 4) is 11.5 Å². The van der Waals surface area contributed by atoms with Crippen LogP contribution in [0.2, 0.25) is 0 Å². The molecule has 1 amide bonds. The number of halogens is 1. The molecular formula is C25H32ClN3O3S. The summed E-state index contributed by atoms with van der Waals surface area (Å²) in [6, 6.07) is 6.37. The Kier molecular flexibility index (Phi) is 5.29. The van der Waals surface area contributed by atoms with Crippen LogP contribution in [0, 0.1) is 17.8 Å². The Hall–Kier alpha value is -1.60. The summed E-state index contributed by atoms with van der Waals surface area (Å²) in [6.07, 6.45) is 10.6. The van der Waals surface area contributed by atoms with Crippen molar-refractivity contribution in [1.82, 2.24) is 4.90 Å². The average Bonchev–Trinajstić information content (AvgIpc) is 3.32. The topological polar surface area (TPSA) is 54.4 Å². The van der Waals surface area contributed by atoms with Gasteiger partial charge in [-0.3, -0.25) is 14.7 Å². The summed E-state index contributed by atoms with van der Waals surface area (Å²) in [5, 5.41) is 1.20. The van der Waals surface area contributed by atoms with Crippen LogP contribution in [0.15, 0.2) is 23.2 Å². The summed E-state index contributed by atoms with van der Waals surface area (Å²) in [4.78, 5) is 22.9. The normalized spacial score (nSPS) is 36.9. The molecule has 8 heteroatoms. The van der Waals surface area contributed by atoms with Crippen molar-refractivity contribution in [3.05, 3.63) is 18.2 Å². The average molecular weight is 490 g/mol. The second-order valence-corrected chi connectivity index (χ2v) is 11.9. The van der Waals surface area contributed by atoms with Gasteiger partial charge in [0.15, 0.2) is 16.7 Å². The number of aliphatic imine (C=N–C) groups is 1. The molecule has 2 aliphatic heterocycles. The number of fused-ring (bicyclic) bond motifs is 1. The number of amidine groups is 1. The van der Waals surface area contributed by atoms with Gasteiger partial charge in [-0.25, -0.2) is 0 Å². The Morgan fingerprint density at radius 3 is 2.39 bits per heavy atom. The van der Waals surface area contributed by atoms with E-state index in [2.05, 4.69) is 4.90 Å². The van der Waals surface area contributed by atoms with Crippen molar-refractivity contribution in [3.63, 3.8) is 0 Å². The quantitative estimate of drug-likeness (QED) is 0.592. The van der Waals surface area contributed by atoms with Crippen LogP contribution in [-0.2, 0) is 4.79 Å². The monoisotopic (exact) mass is 489 g/mol. The summed E-state index contributed by atoms with van der Waals surface area (Å²) in [5.41, 5.74) is 1.05. The molecule has 1 saturated heterocycles. The fourth-order valence-electron chi connectivity index (χ4n) is 7.48. The van der Waals surface area contributed by atoms with Crippen LogP contribution in [0.5, 0.6) is 11.5 Å². The Labute approximate surface area is 205 Å². The highest BCUT2D eigenvalue weighted by molar-refractivity contribution is 8.14. The van der Waals surface area contributed by atoms with Crippen LogP contribution in [0.1, 0.15) is 58.3 Å². The maximum atomic E-state index is 12.9. The van der Waals surface area contributed by atoms with Gasteiger partial charge in [-0.2, -0.15) is 0 Å². The molecule has 0 spiro atoms. The van der Waals surface area contributed by atoms with Gasteiger partial charge in [0.25, 0.3) is 0 Å². The van der Waals surface area contributed by atoms with E-state index in [9.17, 15) is 4.79 Å². The van der Waals surface area contributed by atoms with Gasteiger partial charge in [0.2, 0.25) is 12.7 Å². The molecule has 4 bridgehead atoms. The first kappa shape index (κ1) is 21.9. The Balaban J connectivity index is 0.00000206. The first-order chi connectivity index (χ1) is 15.6. The van der Waals surface area contributed by atoms with Crippen LogP contribution >= 0.6 is 24.2 Å². The van der Waals surface area contributed by atoms with E-state index >= 15 is 0 Å². The molecule has 1 aromatic carbocycles. The second kappa shape index (κ2) is 7.98. The maximum Gasteiger partial charge on any atom is 0.231 e. The first-order valence-electron chi connectivity index (χ1n) is 12.3. The molecule has 6 fully saturated rings. The van der Waals surface area contributed by atoms with Crippen LogP contribution in [0.4, 0.5) is 5.69 Å².